The first-order valence-corrected chi connectivity index (χ1v) is 7.48. The zero-order valence-electron chi connectivity index (χ0n) is 12.5. The molecule has 2 aromatic rings. The lowest BCUT2D eigenvalue weighted by Gasteiger charge is -2.16. The Labute approximate surface area is 125 Å². The van der Waals surface area contributed by atoms with Gasteiger partial charge in [0.05, 0.1) is 0 Å². The summed E-state index contributed by atoms with van der Waals surface area (Å²) in [6.07, 6.45) is 9.82. The molecule has 102 valence electrons. The van der Waals surface area contributed by atoms with Crippen LogP contribution in [-0.2, 0) is 0 Å². The van der Waals surface area contributed by atoms with E-state index in [2.05, 4.69) is 62.9 Å². The normalized spacial score (nSPS) is 16.0. The van der Waals surface area contributed by atoms with Crippen molar-refractivity contribution in [3.63, 3.8) is 0 Å². The molecule has 21 heavy (non-hydrogen) atoms. The number of rotatable bonds is 1. The maximum absolute atomic E-state index is 4.03. The first-order valence-electron chi connectivity index (χ1n) is 7.48. The van der Waals surface area contributed by atoms with Gasteiger partial charge >= 0.3 is 0 Å². The van der Waals surface area contributed by atoms with E-state index in [1.54, 1.807) is 0 Å². The Morgan fingerprint density at radius 1 is 1.19 bits per heavy atom. The van der Waals surface area contributed by atoms with Crippen LogP contribution in [0.5, 0.6) is 0 Å². The summed E-state index contributed by atoms with van der Waals surface area (Å²) >= 11 is 0. The molecule has 2 aromatic carbocycles. The summed E-state index contributed by atoms with van der Waals surface area (Å²) in [6.45, 7) is 8.49. The number of hydrogen-bond acceptors (Lipinski definition) is 0. The zero-order valence-corrected chi connectivity index (χ0v) is 12.5. The van der Waals surface area contributed by atoms with Gasteiger partial charge in [-0.1, -0.05) is 49.1 Å². The maximum Gasteiger partial charge on any atom is -0.00269 e. The van der Waals surface area contributed by atoms with E-state index in [-0.39, 0.29) is 0 Å². The second-order valence-corrected chi connectivity index (χ2v) is 5.94. The Hall–Kier alpha value is -2.34. The third-order valence-corrected chi connectivity index (χ3v) is 4.80. The predicted molar refractivity (Wildman–Crippen MR) is 92.3 cm³/mol. The van der Waals surface area contributed by atoms with Crippen molar-refractivity contribution in [1.82, 2.24) is 0 Å². The molecule has 4 rings (SSSR count). The summed E-state index contributed by atoms with van der Waals surface area (Å²) in [5.74, 6) is 0. The summed E-state index contributed by atoms with van der Waals surface area (Å²) in [6, 6.07) is 8.91. The van der Waals surface area contributed by atoms with Crippen LogP contribution in [0.1, 0.15) is 28.7 Å². The standard InChI is InChI=1S/C21H18/c1-4-15-12-16-7-5-10-19(16)20-14(3)13(2)11-17-8-6-9-18(15)21(17)20/h4-9,11-12H,1,10H2,2-3H3. The number of fused-ring (bicyclic) bond motifs is 1. The van der Waals surface area contributed by atoms with Crippen LogP contribution in [0.2, 0.25) is 0 Å². The van der Waals surface area contributed by atoms with E-state index in [4.69, 9.17) is 0 Å². The molecule has 0 saturated heterocycles. The molecular formula is C21H18. The monoisotopic (exact) mass is 270 g/mol. The highest BCUT2D eigenvalue weighted by molar-refractivity contribution is 6.08. The molecule has 0 amide bonds. The highest BCUT2D eigenvalue weighted by Crippen LogP contribution is 2.43. The highest BCUT2D eigenvalue weighted by atomic mass is 14.3. The van der Waals surface area contributed by atoms with Crippen molar-refractivity contribution in [2.45, 2.75) is 20.3 Å². The van der Waals surface area contributed by atoms with Crippen LogP contribution in [0.25, 0.3) is 21.9 Å². The fourth-order valence-electron chi connectivity index (χ4n) is 3.63. The van der Waals surface area contributed by atoms with E-state index >= 15 is 0 Å². The molecule has 0 heteroatoms. The third-order valence-electron chi connectivity index (χ3n) is 4.80. The average Bonchev–Trinajstić information content (AvgIpc) is 2.88. The van der Waals surface area contributed by atoms with Gasteiger partial charge in [-0.05, 0) is 76.1 Å². The van der Waals surface area contributed by atoms with Crippen molar-refractivity contribution in [3.05, 3.63) is 83.0 Å². The van der Waals surface area contributed by atoms with Gasteiger partial charge in [0.25, 0.3) is 0 Å². The molecule has 0 aromatic heterocycles. The van der Waals surface area contributed by atoms with Crippen LogP contribution in [0.15, 0.2) is 60.7 Å². The first-order chi connectivity index (χ1) is 10.2. The molecule has 2 aliphatic rings. The van der Waals surface area contributed by atoms with E-state index in [0.29, 0.717) is 0 Å². The minimum Gasteiger partial charge on any atom is -0.0984 e. The van der Waals surface area contributed by atoms with Crippen molar-refractivity contribution in [2.75, 3.05) is 0 Å². The van der Waals surface area contributed by atoms with Crippen molar-refractivity contribution in [1.29, 1.82) is 0 Å². The molecule has 0 bridgehead atoms. The SMILES string of the molecule is C=CC1=CC2=C(CC=C2)c2c(C)c(C)cc3cccc1c23. The summed E-state index contributed by atoms with van der Waals surface area (Å²) in [7, 11) is 0. The van der Waals surface area contributed by atoms with Gasteiger partial charge < -0.3 is 0 Å². The molecule has 0 spiro atoms. The molecule has 0 saturated carbocycles. The Morgan fingerprint density at radius 3 is 2.86 bits per heavy atom. The van der Waals surface area contributed by atoms with E-state index < -0.39 is 0 Å². The Bertz CT molecular complexity index is 886. The average molecular weight is 270 g/mol. The first kappa shape index (κ1) is 12.4. The fourth-order valence-corrected chi connectivity index (χ4v) is 3.63. The van der Waals surface area contributed by atoms with Gasteiger partial charge in [0, 0.05) is 0 Å². The molecule has 0 fully saturated rings. The van der Waals surface area contributed by atoms with Gasteiger partial charge in [0.15, 0.2) is 0 Å². The molecule has 0 atom stereocenters. The molecule has 0 heterocycles. The van der Waals surface area contributed by atoms with Crippen LogP contribution in [0, 0.1) is 13.8 Å². The van der Waals surface area contributed by atoms with Crippen LogP contribution >= 0.6 is 0 Å². The van der Waals surface area contributed by atoms with Crippen molar-refractivity contribution in [2.24, 2.45) is 0 Å². The predicted octanol–water partition coefficient (Wildman–Crippen LogP) is 5.75. The largest absolute Gasteiger partial charge is 0.0984 e. The second-order valence-electron chi connectivity index (χ2n) is 5.94. The molecule has 0 N–H and O–H groups in total. The van der Waals surface area contributed by atoms with Gasteiger partial charge in [-0.25, -0.2) is 0 Å². The summed E-state index contributed by atoms with van der Waals surface area (Å²) in [4.78, 5) is 0. The quantitative estimate of drug-likeness (QED) is 0.618. The van der Waals surface area contributed by atoms with Crippen LogP contribution in [-0.4, -0.2) is 0 Å². The minimum absolute atomic E-state index is 1.03. The van der Waals surface area contributed by atoms with Crippen molar-refractivity contribution in [3.8, 4) is 0 Å². The maximum atomic E-state index is 4.03. The van der Waals surface area contributed by atoms with Gasteiger partial charge in [-0.2, -0.15) is 0 Å². The molecular weight excluding hydrogens is 252 g/mol. The van der Waals surface area contributed by atoms with E-state index in [1.807, 2.05) is 6.08 Å². The molecule has 2 aliphatic carbocycles. The molecule has 0 unspecified atom stereocenters. The molecule has 0 aliphatic heterocycles. The zero-order chi connectivity index (χ0) is 14.6. The van der Waals surface area contributed by atoms with Crippen molar-refractivity contribution >= 4 is 21.9 Å². The number of hydrogen-bond donors (Lipinski definition) is 0. The van der Waals surface area contributed by atoms with E-state index in [0.717, 1.165) is 6.42 Å². The topological polar surface area (TPSA) is 0 Å². The van der Waals surface area contributed by atoms with Gasteiger partial charge in [0.2, 0.25) is 0 Å². The highest BCUT2D eigenvalue weighted by Gasteiger charge is 2.22. The van der Waals surface area contributed by atoms with Crippen LogP contribution in [0.3, 0.4) is 0 Å². The number of allylic oxidation sites excluding steroid dienone is 7. The van der Waals surface area contributed by atoms with Crippen LogP contribution in [0.4, 0.5) is 0 Å². The lowest BCUT2D eigenvalue weighted by molar-refractivity contribution is 1.31. The third kappa shape index (κ3) is 1.62. The van der Waals surface area contributed by atoms with Crippen LogP contribution < -0.4 is 0 Å². The van der Waals surface area contributed by atoms with Gasteiger partial charge in [-0.3, -0.25) is 0 Å². The Kier molecular flexibility index (Phi) is 2.56. The van der Waals surface area contributed by atoms with Gasteiger partial charge in [-0.15, -0.1) is 0 Å². The minimum atomic E-state index is 1.03. The smallest absolute Gasteiger partial charge is 0.00269 e. The lowest BCUT2D eigenvalue weighted by atomic mass is 9.87. The van der Waals surface area contributed by atoms with E-state index in [1.165, 1.54) is 49.7 Å². The summed E-state index contributed by atoms with van der Waals surface area (Å²) < 4.78 is 0. The molecule has 0 radical (unpaired) electrons. The number of aryl methyl sites for hydroxylation is 1. The lowest BCUT2D eigenvalue weighted by Crippen LogP contribution is -1.96. The second kappa shape index (κ2) is 4.33. The van der Waals surface area contributed by atoms with Gasteiger partial charge in [0.1, 0.15) is 0 Å². The fraction of sp³-hybridized carbons (Fsp3) is 0.143. The Morgan fingerprint density at radius 2 is 2.05 bits per heavy atom. The summed E-state index contributed by atoms with van der Waals surface area (Å²) in [5, 5.41) is 2.72. The number of benzene rings is 2. The van der Waals surface area contributed by atoms with E-state index in [9.17, 15) is 0 Å². The summed E-state index contributed by atoms with van der Waals surface area (Å²) in [5.41, 5.74) is 9.56. The molecule has 0 nitrogen and oxygen atoms in total. The Balaban J connectivity index is 2.27. The van der Waals surface area contributed by atoms with Crippen molar-refractivity contribution < 1.29 is 0 Å².